The van der Waals surface area contributed by atoms with Gasteiger partial charge in [-0.15, -0.1) is 10.2 Å². The number of amides is 1. The second-order valence-corrected chi connectivity index (χ2v) is 8.35. The molecular formula is C22H25F2N7O2. The summed E-state index contributed by atoms with van der Waals surface area (Å²) in [4.78, 5) is 28.7. The first-order valence-corrected chi connectivity index (χ1v) is 10.6. The number of carbonyl (C=O) groups excluding carboxylic acids is 2. The SMILES string of the molecule is CN(C)c1cc(C2CC2(F)F)nn1CCC(C=O)NC(=O)c1nnc(Cc2ccccc2)[nH]1. The minimum absolute atomic E-state index is 0.0131. The van der Waals surface area contributed by atoms with Gasteiger partial charge in [-0.2, -0.15) is 5.10 Å². The number of nitrogens with one attached hydrogen (secondary N) is 2. The molecule has 1 amide bonds. The van der Waals surface area contributed by atoms with Gasteiger partial charge in [-0.3, -0.25) is 4.79 Å². The van der Waals surface area contributed by atoms with E-state index in [1.54, 1.807) is 29.7 Å². The summed E-state index contributed by atoms with van der Waals surface area (Å²) in [6.07, 6.45) is 1.16. The lowest BCUT2D eigenvalue weighted by molar-refractivity contribution is -0.109. The third-order valence-electron chi connectivity index (χ3n) is 5.51. The molecule has 33 heavy (non-hydrogen) atoms. The van der Waals surface area contributed by atoms with Crippen LogP contribution in [0, 0.1) is 0 Å². The van der Waals surface area contributed by atoms with Crippen molar-refractivity contribution in [2.75, 3.05) is 19.0 Å². The van der Waals surface area contributed by atoms with Gasteiger partial charge in [0.15, 0.2) is 0 Å². The molecule has 1 aliphatic rings. The summed E-state index contributed by atoms with van der Waals surface area (Å²) in [5.74, 6) is -2.92. The average molecular weight is 457 g/mol. The van der Waals surface area contributed by atoms with E-state index in [-0.39, 0.29) is 25.2 Å². The predicted octanol–water partition coefficient (Wildman–Crippen LogP) is 2.17. The zero-order valence-electron chi connectivity index (χ0n) is 18.3. The van der Waals surface area contributed by atoms with Crippen LogP contribution in [0.25, 0.3) is 0 Å². The molecule has 0 saturated heterocycles. The molecule has 9 nitrogen and oxygen atoms in total. The van der Waals surface area contributed by atoms with E-state index < -0.39 is 23.8 Å². The molecule has 2 N–H and O–H groups in total. The first kappa shape index (κ1) is 22.6. The second kappa shape index (κ2) is 9.08. The Morgan fingerprint density at radius 3 is 2.70 bits per heavy atom. The number of aromatic nitrogens is 5. The van der Waals surface area contributed by atoms with Gasteiger partial charge in [-0.25, -0.2) is 13.5 Å². The Kier molecular flexibility index (Phi) is 6.21. The zero-order valence-corrected chi connectivity index (χ0v) is 18.3. The molecule has 2 atom stereocenters. The number of rotatable bonds is 10. The van der Waals surface area contributed by atoms with Gasteiger partial charge in [0.25, 0.3) is 11.8 Å². The van der Waals surface area contributed by atoms with Gasteiger partial charge in [-0.05, 0) is 12.0 Å². The first-order valence-electron chi connectivity index (χ1n) is 10.6. The van der Waals surface area contributed by atoms with Gasteiger partial charge < -0.3 is 20.0 Å². The van der Waals surface area contributed by atoms with E-state index in [4.69, 9.17) is 0 Å². The normalized spacial score (nSPS) is 17.4. The number of hydrogen-bond acceptors (Lipinski definition) is 6. The van der Waals surface area contributed by atoms with Gasteiger partial charge in [0, 0.05) is 39.5 Å². The van der Waals surface area contributed by atoms with Crippen LogP contribution in [0.5, 0.6) is 0 Å². The number of benzene rings is 1. The monoisotopic (exact) mass is 457 g/mol. The van der Waals surface area contributed by atoms with Crippen LogP contribution in [0.15, 0.2) is 36.4 Å². The smallest absolute Gasteiger partial charge is 0.289 e. The van der Waals surface area contributed by atoms with Crippen LogP contribution in [-0.2, 0) is 17.8 Å². The molecule has 2 unspecified atom stereocenters. The third kappa shape index (κ3) is 5.24. The van der Waals surface area contributed by atoms with Crippen molar-refractivity contribution in [3.63, 3.8) is 0 Å². The lowest BCUT2D eigenvalue weighted by Crippen LogP contribution is -2.37. The molecule has 0 bridgehead atoms. The van der Waals surface area contributed by atoms with E-state index in [1.165, 1.54) is 0 Å². The van der Waals surface area contributed by atoms with Crippen molar-refractivity contribution in [1.82, 2.24) is 30.3 Å². The molecule has 174 valence electrons. The molecule has 0 radical (unpaired) electrons. The number of H-pyrrole nitrogens is 1. The quantitative estimate of drug-likeness (QED) is 0.452. The number of carbonyl (C=O) groups is 2. The van der Waals surface area contributed by atoms with Crippen LogP contribution < -0.4 is 10.2 Å². The lowest BCUT2D eigenvalue weighted by atomic mass is 10.1. The standard InChI is InChI=1S/C22H25F2N7O2/c1-30(2)19-11-17(16-12-22(16,23)24)29-31(19)9-8-15(13-32)25-21(33)20-26-18(27-28-20)10-14-6-4-3-5-7-14/h3-7,11,13,15-16H,8-10,12H2,1-2H3,(H,25,33)(H,26,27,28). The molecule has 1 aromatic carbocycles. The fourth-order valence-electron chi connectivity index (χ4n) is 3.60. The van der Waals surface area contributed by atoms with Crippen LogP contribution in [0.2, 0.25) is 0 Å². The lowest BCUT2D eigenvalue weighted by Gasteiger charge is -2.16. The number of alkyl halides is 2. The highest BCUT2D eigenvalue weighted by Crippen LogP contribution is 2.55. The first-order chi connectivity index (χ1) is 15.8. The minimum Gasteiger partial charge on any atom is -0.363 e. The summed E-state index contributed by atoms with van der Waals surface area (Å²) < 4.78 is 28.5. The molecule has 3 aromatic rings. The highest BCUT2D eigenvalue weighted by atomic mass is 19.3. The third-order valence-corrected chi connectivity index (χ3v) is 5.51. The molecule has 0 aliphatic heterocycles. The Morgan fingerprint density at radius 1 is 1.33 bits per heavy atom. The summed E-state index contributed by atoms with van der Waals surface area (Å²) in [6, 6.07) is 10.5. The molecule has 11 heteroatoms. The maximum atomic E-state index is 13.5. The van der Waals surface area contributed by atoms with Crippen LogP contribution in [0.4, 0.5) is 14.6 Å². The van der Waals surface area contributed by atoms with E-state index in [2.05, 4.69) is 25.6 Å². The molecule has 2 heterocycles. The Hall–Kier alpha value is -3.63. The van der Waals surface area contributed by atoms with Crippen molar-refractivity contribution in [3.05, 3.63) is 59.3 Å². The number of aryl methyl sites for hydroxylation is 1. The Balaban J connectivity index is 1.36. The Bertz CT molecular complexity index is 1130. The molecule has 2 aromatic heterocycles. The average Bonchev–Trinajstić information content (AvgIpc) is 3.15. The maximum Gasteiger partial charge on any atom is 0.289 e. The number of hydrogen-bond donors (Lipinski definition) is 2. The molecule has 4 rings (SSSR count). The number of halogens is 2. The highest BCUT2D eigenvalue weighted by molar-refractivity contribution is 5.92. The molecule has 1 fully saturated rings. The summed E-state index contributed by atoms with van der Waals surface area (Å²) in [7, 11) is 3.58. The number of nitrogens with zero attached hydrogens (tertiary/aromatic N) is 5. The molecule has 1 aliphatic carbocycles. The summed E-state index contributed by atoms with van der Waals surface area (Å²) in [5.41, 5.74) is 1.36. The molecule has 1 saturated carbocycles. The molecule has 0 spiro atoms. The molecular weight excluding hydrogens is 432 g/mol. The number of anilines is 1. The van der Waals surface area contributed by atoms with E-state index in [0.29, 0.717) is 30.0 Å². The van der Waals surface area contributed by atoms with Gasteiger partial charge >= 0.3 is 0 Å². The van der Waals surface area contributed by atoms with Crippen molar-refractivity contribution in [2.45, 2.75) is 43.7 Å². The van der Waals surface area contributed by atoms with Crippen LogP contribution in [-0.4, -0.2) is 63.2 Å². The zero-order chi connectivity index (χ0) is 23.6. The van der Waals surface area contributed by atoms with Gasteiger partial charge in [0.05, 0.1) is 17.7 Å². The van der Waals surface area contributed by atoms with E-state index >= 15 is 0 Å². The van der Waals surface area contributed by atoms with Gasteiger partial charge in [-0.1, -0.05) is 30.3 Å². The predicted molar refractivity (Wildman–Crippen MR) is 116 cm³/mol. The largest absolute Gasteiger partial charge is 0.363 e. The van der Waals surface area contributed by atoms with Crippen molar-refractivity contribution in [3.8, 4) is 0 Å². The van der Waals surface area contributed by atoms with Crippen LogP contribution >= 0.6 is 0 Å². The van der Waals surface area contributed by atoms with Crippen molar-refractivity contribution in [1.29, 1.82) is 0 Å². The van der Waals surface area contributed by atoms with E-state index in [0.717, 1.165) is 5.56 Å². The van der Waals surface area contributed by atoms with E-state index in [1.807, 2.05) is 30.3 Å². The van der Waals surface area contributed by atoms with Crippen LogP contribution in [0.3, 0.4) is 0 Å². The fraction of sp³-hybridized carbons (Fsp3) is 0.409. The van der Waals surface area contributed by atoms with Crippen molar-refractivity contribution >= 4 is 18.0 Å². The van der Waals surface area contributed by atoms with Crippen LogP contribution in [0.1, 0.15) is 46.5 Å². The Morgan fingerprint density at radius 2 is 2.06 bits per heavy atom. The highest BCUT2D eigenvalue weighted by Gasteiger charge is 2.59. The topological polar surface area (TPSA) is 109 Å². The summed E-state index contributed by atoms with van der Waals surface area (Å²) in [6.45, 7) is 0.269. The van der Waals surface area contributed by atoms with Gasteiger partial charge in [0.1, 0.15) is 17.9 Å². The van der Waals surface area contributed by atoms with Crippen molar-refractivity contribution < 1.29 is 18.4 Å². The van der Waals surface area contributed by atoms with Crippen molar-refractivity contribution in [2.24, 2.45) is 0 Å². The Labute approximate surface area is 189 Å². The second-order valence-electron chi connectivity index (χ2n) is 8.35. The number of aldehydes is 1. The summed E-state index contributed by atoms with van der Waals surface area (Å²) in [5, 5.41) is 14.8. The minimum atomic E-state index is -2.71. The maximum absolute atomic E-state index is 13.5. The summed E-state index contributed by atoms with van der Waals surface area (Å²) >= 11 is 0. The van der Waals surface area contributed by atoms with E-state index in [9.17, 15) is 18.4 Å². The fourth-order valence-corrected chi connectivity index (χ4v) is 3.60. The number of aromatic amines is 1. The van der Waals surface area contributed by atoms with Gasteiger partial charge in [0.2, 0.25) is 5.82 Å².